The SMILES string of the molecule is I.O=S(=O)(O)O.[H-].[H-].[Na+].[Na+]. The van der Waals surface area contributed by atoms with Gasteiger partial charge in [0.1, 0.15) is 0 Å². The number of hydrogen-bond donors (Lipinski definition) is 2. The maximum absolute atomic E-state index is 8.74. The van der Waals surface area contributed by atoms with Gasteiger partial charge in [-0.05, 0) is 0 Å². The summed E-state index contributed by atoms with van der Waals surface area (Å²) in [5.74, 6) is 0. The third-order valence-corrected chi connectivity index (χ3v) is 0. The Labute approximate surface area is 112 Å². The molecule has 44 valence electrons. The summed E-state index contributed by atoms with van der Waals surface area (Å²) in [6.45, 7) is 0. The predicted octanol–water partition coefficient (Wildman–Crippen LogP) is -5.80. The molecule has 0 bridgehead atoms. The minimum Gasteiger partial charge on any atom is -1.00 e. The van der Waals surface area contributed by atoms with Gasteiger partial charge >= 0.3 is 69.5 Å². The molecule has 8 heavy (non-hydrogen) atoms. The van der Waals surface area contributed by atoms with Crippen molar-refractivity contribution in [2.75, 3.05) is 0 Å². The molecule has 0 fully saturated rings. The molecule has 0 saturated carbocycles. The topological polar surface area (TPSA) is 74.6 Å². The van der Waals surface area contributed by atoms with Gasteiger partial charge in [-0.3, -0.25) is 9.11 Å². The molecule has 0 aromatic heterocycles. The van der Waals surface area contributed by atoms with E-state index in [2.05, 4.69) is 0 Å². The van der Waals surface area contributed by atoms with Crippen LogP contribution in [0.1, 0.15) is 2.85 Å². The van der Waals surface area contributed by atoms with E-state index in [1.54, 1.807) is 0 Å². The van der Waals surface area contributed by atoms with E-state index in [0.717, 1.165) is 0 Å². The van der Waals surface area contributed by atoms with Crippen molar-refractivity contribution in [1.29, 1.82) is 0 Å². The van der Waals surface area contributed by atoms with Crippen molar-refractivity contribution in [2.45, 2.75) is 0 Å². The molecule has 0 aromatic carbocycles. The number of halogens is 1. The van der Waals surface area contributed by atoms with Crippen LogP contribution in [0.4, 0.5) is 0 Å². The van der Waals surface area contributed by atoms with Crippen LogP contribution in [-0.2, 0) is 10.4 Å². The molecule has 0 spiro atoms. The Morgan fingerprint density at radius 1 is 1.12 bits per heavy atom. The molecule has 0 aliphatic heterocycles. The monoisotopic (exact) mass is 274 g/mol. The van der Waals surface area contributed by atoms with Crippen LogP contribution < -0.4 is 59.1 Å². The number of hydrogen-bond acceptors (Lipinski definition) is 2. The van der Waals surface area contributed by atoms with Crippen LogP contribution in [0.5, 0.6) is 0 Å². The second kappa shape index (κ2) is 9.60. The Kier molecular flexibility index (Phi) is 26.9. The van der Waals surface area contributed by atoms with Crippen LogP contribution in [0.25, 0.3) is 0 Å². The van der Waals surface area contributed by atoms with E-state index >= 15 is 0 Å². The van der Waals surface area contributed by atoms with Gasteiger partial charge in [0.15, 0.2) is 0 Å². The minimum atomic E-state index is -4.67. The first-order valence-electron chi connectivity index (χ1n) is 0.698. The summed E-state index contributed by atoms with van der Waals surface area (Å²) < 4.78 is 31.6. The van der Waals surface area contributed by atoms with Crippen molar-refractivity contribution in [2.24, 2.45) is 0 Å². The van der Waals surface area contributed by atoms with E-state index in [-0.39, 0.29) is 85.9 Å². The molecule has 0 rings (SSSR count). The second-order valence-corrected chi connectivity index (χ2v) is 1.34. The quantitative estimate of drug-likeness (QED) is 0.262. The summed E-state index contributed by atoms with van der Waals surface area (Å²) >= 11 is 0. The molecular weight excluding hydrogens is 269 g/mol. The van der Waals surface area contributed by atoms with Gasteiger partial charge in [-0.1, -0.05) is 0 Å². The second-order valence-electron chi connectivity index (χ2n) is 0.448. The summed E-state index contributed by atoms with van der Waals surface area (Å²) in [5, 5.41) is 0. The largest absolute Gasteiger partial charge is 1.00 e. The fraction of sp³-hybridized carbons (Fsp3) is 0. The van der Waals surface area contributed by atoms with Gasteiger partial charge in [0.05, 0.1) is 0 Å². The normalized spacial score (nSPS) is 7.25. The van der Waals surface area contributed by atoms with Gasteiger partial charge in [0.25, 0.3) is 0 Å². The van der Waals surface area contributed by atoms with E-state index in [4.69, 9.17) is 17.5 Å². The maximum atomic E-state index is 8.74. The Morgan fingerprint density at radius 2 is 1.12 bits per heavy atom. The molecule has 0 saturated heterocycles. The van der Waals surface area contributed by atoms with Crippen molar-refractivity contribution >= 4 is 34.4 Å². The van der Waals surface area contributed by atoms with Crippen LogP contribution in [0.2, 0.25) is 0 Å². The molecule has 0 radical (unpaired) electrons. The summed E-state index contributed by atoms with van der Waals surface area (Å²) in [4.78, 5) is 0. The zero-order valence-corrected chi connectivity index (χ0v) is 11.7. The molecule has 0 aliphatic carbocycles. The third kappa shape index (κ3) is 73.5. The first kappa shape index (κ1) is 22.4. The van der Waals surface area contributed by atoms with Gasteiger partial charge in [0.2, 0.25) is 0 Å². The first-order chi connectivity index (χ1) is 2.00. The Balaban J connectivity index is -0.00000000800. The van der Waals surface area contributed by atoms with E-state index in [1.165, 1.54) is 0 Å². The van der Waals surface area contributed by atoms with Crippen molar-refractivity contribution < 1.29 is 79.5 Å². The summed E-state index contributed by atoms with van der Waals surface area (Å²) in [6, 6.07) is 0. The molecule has 0 aromatic rings. The van der Waals surface area contributed by atoms with Crippen LogP contribution in [0.3, 0.4) is 0 Å². The average Bonchev–Trinajstić information content (AvgIpc) is 0.722. The third-order valence-electron chi connectivity index (χ3n) is 0. The van der Waals surface area contributed by atoms with E-state index in [0.29, 0.717) is 0 Å². The molecule has 0 unspecified atom stereocenters. The van der Waals surface area contributed by atoms with Gasteiger partial charge in [0, 0.05) is 0 Å². The van der Waals surface area contributed by atoms with Gasteiger partial charge < -0.3 is 2.85 Å². The Hall–Kier alpha value is 2.60. The van der Waals surface area contributed by atoms with Gasteiger partial charge in [-0.25, -0.2) is 0 Å². The molecule has 0 atom stereocenters. The molecule has 0 amide bonds. The smallest absolute Gasteiger partial charge is 1.00 e. The Morgan fingerprint density at radius 3 is 1.12 bits per heavy atom. The van der Waals surface area contributed by atoms with Crippen molar-refractivity contribution in [3.8, 4) is 0 Å². The van der Waals surface area contributed by atoms with Gasteiger partial charge in [-0.2, -0.15) is 8.42 Å². The molecule has 4 nitrogen and oxygen atoms in total. The van der Waals surface area contributed by atoms with Crippen LogP contribution >= 0.6 is 24.0 Å². The molecule has 0 aliphatic rings. The maximum Gasteiger partial charge on any atom is 1.00 e. The summed E-state index contributed by atoms with van der Waals surface area (Å²) in [7, 11) is -4.67. The average molecular weight is 274 g/mol. The van der Waals surface area contributed by atoms with E-state index in [9.17, 15) is 0 Å². The Bertz CT molecular complexity index is 104. The van der Waals surface area contributed by atoms with E-state index in [1.807, 2.05) is 0 Å². The van der Waals surface area contributed by atoms with Gasteiger partial charge in [-0.15, -0.1) is 24.0 Å². The fourth-order valence-corrected chi connectivity index (χ4v) is 0. The molecular formula is H5INa2O4S. The van der Waals surface area contributed by atoms with Crippen molar-refractivity contribution in [1.82, 2.24) is 0 Å². The van der Waals surface area contributed by atoms with Crippen molar-refractivity contribution in [3.63, 3.8) is 0 Å². The molecule has 8 heteroatoms. The summed E-state index contributed by atoms with van der Waals surface area (Å²) in [5.41, 5.74) is 0. The molecule has 0 heterocycles. The van der Waals surface area contributed by atoms with Crippen LogP contribution in [0, 0.1) is 0 Å². The zero-order valence-electron chi connectivity index (χ0n) is 6.53. The minimum absolute atomic E-state index is 0. The fourth-order valence-electron chi connectivity index (χ4n) is 0. The predicted molar refractivity (Wildman–Crippen MR) is 31.8 cm³/mol. The van der Waals surface area contributed by atoms with Crippen LogP contribution in [0.15, 0.2) is 0 Å². The number of rotatable bonds is 0. The standard InChI is InChI=1S/HI.2Na.H2O4S.2H/c;;;1-5(2,3)4;;/h1H;;;(H2,1,2,3,4);;/q;2*+1;;2*-1. The zero-order chi connectivity index (χ0) is 4.50. The van der Waals surface area contributed by atoms with Crippen LogP contribution in [-0.4, -0.2) is 17.5 Å². The van der Waals surface area contributed by atoms with Crippen molar-refractivity contribution in [3.05, 3.63) is 0 Å². The first-order valence-corrected chi connectivity index (χ1v) is 2.10. The summed E-state index contributed by atoms with van der Waals surface area (Å²) in [6.07, 6.45) is 0. The molecule has 2 N–H and O–H groups in total. The van der Waals surface area contributed by atoms with E-state index < -0.39 is 10.4 Å².